The highest BCUT2D eigenvalue weighted by molar-refractivity contribution is 5.95. The van der Waals surface area contributed by atoms with Gasteiger partial charge in [-0.2, -0.15) is 0 Å². The lowest BCUT2D eigenvalue weighted by Gasteiger charge is -2.23. The topological polar surface area (TPSA) is 59.6 Å². The third-order valence-electron chi connectivity index (χ3n) is 4.97. The normalized spacial score (nSPS) is 21.0. The lowest BCUT2D eigenvalue weighted by atomic mass is 9.92. The van der Waals surface area contributed by atoms with Crippen LogP contribution < -0.4 is 15.4 Å². The first-order valence-electron chi connectivity index (χ1n) is 8.47. The van der Waals surface area contributed by atoms with Crippen molar-refractivity contribution in [2.75, 3.05) is 38.7 Å². The molecule has 1 saturated heterocycles. The Morgan fingerprint density at radius 2 is 2.12 bits per heavy atom. The van der Waals surface area contributed by atoms with Crippen molar-refractivity contribution in [3.8, 4) is 5.75 Å². The van der Waals surface area contributed by atoms with Crippen molar-refractivity contribution < 1.29 is 14.3 Å². The minimum Gasteiger partial charge on any atom is -0.493 e. The van der Waals surface area contributed by atoms with E-state index in [2.05, 4.69) is 10.6 Å². The van der Waals surface area contributed by atoms with Gasteiger partial charge in [0, 0.05) is 37.8 Å². The summed E-state index contributed by atoms with van der Waals surface area (Å²) in [6.45, 7) is 3.38. The Morgan fingerprint density at radius 3 is 2.88 bits per heavy atom. The molecule has 1 atom stereocenters. The Morgan fingerprint density at radius 1 is 1.33 bits per heavy atom. The molecular formula is C18H27ClN2O3. The van der Waals surface area contributed by atoms with Crippen LogP contribution in [0.3, 0.4) is 0 Å². The fraction of sp³-hybridized carbons (Fsp3) is 0.611. The molecule has 134 valence electrons. The molecule has 0 bridgehead atoms. The van der Waals surface area contributed by atoms with Crippen molar-refractivity contribution in [2.45, 2.75) is 25.7 Å². The largest absolute Gasteiger partial charge is 0.493 e. The average molecular weight is 355 g/mol. The van der Waals surface area contributed by atoms with Crippen LogP contribution in [0.25, 0.3) is 0 Å². The molecule has 0 aromatic heterocycles. The monoisotopic (exact) mass is 354 g/mol. The summed E-state index contributed by atoms with van der Waals surface area (Å²) in [4.78, 5) is 12.5. The van der Waals surface area contributed by atoms with Gasteiger partial charge in [-0.05, 0) is 49.9 Å². The van der Waals surface area contributed by atoms with Gasteiger partial charge >= 0.3 is 0 Å². The number of rotatable bonds is 7. The van der Waals surface area contributed by atoms with Crippen LogP contribution in [0.4, 0.5) is 5.69 Å². The van der Waals surface area contributed by atoms with Crippen molar-refractivity contribution in [2.24, 2.45) is 11.3 Å². The Hall–Kier alpha value is -1.30. The van der Waals surface area contributed by atoms with Crippen molar-refractivity contribution >= 4 is 24.0 Å². The molecule has 5 nitrogen and oxygen atoms in total. The summed E-state index contributed by atoms with van der Waals surface area (Å²) in [5, 5.41) is 6.42. The SMILES string of the molecule is COCCCOc1cccc(NC(=O)C2CC23CCNCC3)c1.Cl. The summed E-state index contributed by atoms with van der Waals surface area (Å²) < 4.78 is 10.7. The summed E-state index contributed by atoms with van der Waals surface area (Å²) in [5.74, 6) is 1.12. The molecule has 1 amide bonds. The van der Waals surface area contributed by atoms with Crippen LogP contribution in [0.2, 0.25) is 0 Å². The molecule has 6 heteroatoms. The molecule has 2 N–H and O–H groups in total. The molecule has 1 aliphatic carbocycles. The van der Waals surface area contributed by atoms with Crippen LogP contribution in [0, 0.1) is 11.3 Å². The van der Waals surface area contributed by atoms with Crippen molar-refractivity contribution in [1.29, 1.82) is 0 Å². The molecule has 1 aliphatic heterocycles. The van der Waals surface area contributed by atoms with E-state index in [-0.39, 0.29) is 29.6 Å². The number of amides is 1. The van der Waals surface area contributed by atoms with E-state index in [0.717, 1.165) is 50.2 Å². The van der Waals surface area contributed by atoms with Gasteiger partial charge in [-0.1, -0.05) is 6.07 Å². The highest BCUT2D eigenvalue weighted by Gasteiger charge is 2.57. The molecule has 1 aromatic carbocycles. The fourth-order valence-corrected chi connectivity index (χ4v) is 3.48. The second-order valence-electron chi connectivity index (χ2n) is 6.58. The number of benzene rings is 1. The van der Waals surface area contributed by atoms with Crippen LogP contribution in [-0.2, 0) is 9.53 Å². The third kappa shape index (κ3) is 4.62. The number of hydrogen-bond acceptors (Lipinski definition) is 4. The predicted molar refractivity (Wildman–Crippen MR) is 97.0 cm³/mol. The zero-order chi connectivity index (χ0) is 16.1. The van der Waals surface area contributed by atoms with Gasteiger partial charge in [0.1, 0.15) is 5.75 Å². The zero-order valence-corrected chi connectivity index (χ0v) is 15.0. The van der Waals surface area contributed by atoms with Gasteiger partial charge in [0.2, 0.25) is 5.91 Å². The van der Waals surface area contributed by atoms with Crippen LogP contribution >= 0.6 is 12.4 Å². The van der Waals surface area contributed by atoms with Crippen LogP contribution in [0.5, 0.6) is 5.75 Å². The van der Waals surface area contributed by atoms with Crippen molar-refractivity contribution in [3.63, 3.8) is 0 Å². The molecule has 1 aromatic rings. The first-order chi connectivity index (χ1) is 11.2. The average Bonchev–Trinajstić information content (AvgIpc) is 3.26. The molecule has 2 aliphatic rings. The quantitative estimate of drug-likeness (QED) is 0.739. The number of anilines is 1. The Bertz CT molecular complexity index is 547. The minimum absolute atomic E-state index is 0. The van der Waals surface area contributed by atoms with Crippen LogP contribution in [0.1, 0.15) is 25.7 Å². The first kappa shape index (κ1) is 19.0. The molecule has 2 fully saturated rings. The maximum absolute atomic E-state index is 12.5. The number of halogens is 1. The highest BCUT2D eigenvalue weighted by atomic mass is 35.5. The molecule has 3 rings (SSSR count). The summed E-state index contributed by atoms with van der Waals surface area (Å²) in [6.07, 6.45) is 4.13. The molecule has 1 saturated carbocycles. The van der Waals surface area contributed by atoms with E-state index in [1.165, 1.54) is 0 Å². The minimum atomic E-state index is 0. The number of piperidine rings is 1. The smallest absolute Gasteiger partial charge is 0.228 e. The van der Waals surface area contributed by atoms with Crippen LogP contribution in [0.15, 0.2) is 24.3 Å². The lowest BCUT2D eigenvalue weighted by molar-refractivity contribution is -0.118. The number of hydrogen-bond donors (Lipinski definition) is 2. The first-order valence-corrected chi connectivity index (χ1v) is 8.47. The van der Waals surface area contributed by atoms with Crippen LogP contribution in [-0.4, -0.2) is 39.3 Å². The maximum Gasteiger partial charge on any atom is 0.228 e. The van der Waals surface area contributed by atoms with Gasteiger partial charge < -0.3 is 20.1 Å². The third-order valence-corrected chi connectivity index (χ3v) is 4.97. The Kier molecular flexibility index (Phi) is 6.90. The number of methoxy groups -OCH3 is 1. The van der Waals surface area contributed by atoms with E-state index in [9.17, 15) is 4.79 Å². The van der Waals surface area contributed by atoms with E-state index in [0.29, 0.717) is 13.2 Å². The molecule has 1 heterocycles. The second kappa shape index (κ2) is 8.70. The van der Waals surface area contributed by atoms with Crippen molar-refractivity contribution in [3.05, 3.63) is 24.3 Å². The lowest BCUT2D eigenvalue weighted by Crippen LogP contribution is -2.31. The summed E-state index contributed by atoms with van der Waals surface area (Å²) >= 11 is 0. The van der Waals surface area contributed by atoms with Crippen molar-refractivity contribution in [1.82, 2.24) is 5.32 Å². The number of carbonyl (C=O) groups excluding carboxylic acids is 1. The number of ether oxygens (including phenoxy) is 2. The standard InChI is InChI=1S/C18H26N2O3.ClH/c1-22-10-3-11-23-15-5-2-4-14(12-15)20-17(21)16-13-18(16)6-8-19-9-7-18;/h2,4-5,12,16,19H,3,6-11,13H2,1H3,(H,20,21);1H. The highest BCUT2D eigenvalue weighted by Crippen LogP contribution is 2.58. The molecular weight excluding hydrogens is 328 g/mol. The van der Waals surface area contributed by atoms with Gasteiger partial charge in [-0.15, -0.1) is 12.4 Å². The van der Waals surface area contributed by atoms with Gasteiger partial charge in [0.15, 0.2) is 0 Å². The van der Waals surface area contributed by atoms with Gasteiger partial charge in [0.05, 0.1) is 6.61 Å². The zero-order valence-electron chi connectivity index (χ0n) is 14.2. The van der Waals surface area contributed by atoms with E-state index in [4.69, 9.17) is 9.47 Å². The second-order valence-corrected chi connectivity index (χ2v) is 6.58. The van der Waals surface area contributed by atoms with Gasteiger partial charge in [0.25, 0.3) is 0 Å². The van der Waals surface area contributed by atoms with E-state index < -0.39 is 0 Å². The molecule has 24 heavy (non-hydrogen) atoms. The molecule has 1 spiro atoms. The number of nitrogens with one attached hydrogen (secondary N) is 2. The molecule has 1 unspecified atom stereocenters. The molecule has 0 radical (unpaired) electrons. The maximum atomic E-state index is 12.5. The Labute approximate surface area is 149 Å². The van der Waals surface area contributed by atoms with E-state index in [1.54, 1.807) is 7.11 Å². The van der Waals surface area contributed by atoms with E-state index in [1.807, 2.05) is 24.3 Å². The van der Waals surface area contributed by atoms with Gasteiger partial charge in [-0.3, -0.25) is 4.79 Å². The number of carbonyl (C=O) groups is 1. The summed E-state index contributed by atoms with van der Waals surface area (Å²) in [6, 6.07) is 7.63. The van der Waals surface area contributed by atoms with Gasteiger partial charge in [-0.25, -0.2) is 0 Å². The van der Waals surface area contributed by atoms with E-state index >= 15 is 0 Å². The Balaban J connectivity index is 0.00000208. The fourth-order valence-electron chi connectivity index (χ4n) is 3.48. The predicted octanol–water partition coefficient (Wildman–Crippen LogP) is 2.85. The summed E-state index contributed by atoms with van der Waals surface area (Å²) in [7, 11) is 1.68. The summed E-state index contributed by atoms with van der Waals surface area (Å²) in [5.41, 5.74) is 1.08.